The maximum Gasteiger partial charge on any atom is 0.138 e. The van der Waals surface area contributed by atoms with Gasteiger partial charge in [-0.05, 0) is 48.4 Å². The Morgan fingerprint density at radius 3 is 2.72 bits per heavy atom. The zero-order valence-corrected chi connectivity index (χ0v) is 11.1. The summed E-state index contributed by atoms with van der Waals surface area (Å²) in [6.45, 7) is 4.05. The van der Waals surface area contributed by atoms with Crippen molar-refractivity contribution in [1.82, 2.24) is 0 Å². The minimum Gasteiger partial charge on any atom is -0.458 e. The third kappa shape index (κ3) is 1.85. The van der Waals surface area contributed by atoms with Crippen LogP contribution < -0.4 is 0 Å². The fourth-order valence-corrected chi connectivity index (χ4v) is 2.99. The van der Waals surface area contributed by atoms with E-state index in [9.17, 15) is 5.11 Å². The molecular formula is C15H14O2S. The van der Waals surface area contributed by atoms with Gasteiger partial charge in [-0.3, -0.25) is 0 Å². The third-order valence-corrected chi connectivity index (χ3v) is 4.03. The van der Waals surface area contributed by atoms with E-state index in [0.717, 1.165) is 22.1 Å². The van der Waals surface area contributed by atoms with Crippen molar-refractivity contribution in [2.24, 2.45) is 0 Å². The number of aliphatic hydroxyl groups excluding tert-OH is 1. The fraction of sp³-hybridized carbons (Fsp3) is 0.200. The first-order chi connectivity index (χ1) is 8.65. The summed E-state index contributed by atoms with van der Waals surface area (Å²) in [7, 11) is 0. The molecule has 2 nitrogen and oxygen atoms in total. The molecule has 0 amide bonds. The summed E-state index contributed by atoms with van der Waals surface area (Å²) in [5.74, 6) is 0.608. The average Bonchev–Trinajstić information content (AvgIpc) is 2.93. The monoisotopic (exact) mass is 258 g/mol. The quantitative estimate of drug-likeness (QED) is 0.747. The number of thiophene rings is 1. The molecule has 0 aliphatic heterocycles. The summed E-state index contributed by atoms with van der Waals surface area (Å²) in [4.78, 5) is 0. The summed E-state index contributed by atoms with van der Waals surface area (Å²) in [5, 5.41) is 15.4. The molecule has 1 aromatic carbocycles. The number of furan rings is 1. The van der Waals surface area contributed by atoms with Crippen LogP contribution in [0, 0.1) is 13.8 Å². The standard InChI is InChI=1S/C15H14O2S/c1-9-3-4-13-11(5-9)6-14(17-13)15(16)12-8-18-7-10(12)2/h3-8,15-16H,1-2H3. The van der Waals surface area contributed by atoms with E-state index in [-0.39, 0.29) is 0 Å². The second kappa shape index (κ2) is 4.26. The molecule has 1 unspecified atom stereocenters. The van der Waals surface area contributed by atoms with Crippen molar-refractivity contribution in [1.29, 1.82) is 0 Å². The van der Waals surface area contributed by atoms with Gasteiger partial charge in [0, 0.05) is 10.9 Å². The Labute approximate surface area is 109 Å². The number of fused-ring (bicyclic) bond motifs is 1. The number of benzene rings is 1. The van der Waals surface area contributed by atoms with Gasteiger partial charge in [-0.2, -0.15) is 11.3 Å². The molecule has 0 fully saturated rings. The Balaban J connectivity index is 2.07. The van der Waals surface area contributed by atoms with Gasteiger partial charge in [-0.15, -0.1) is 0 Å². The minimum absolute atomic E-state index is 0.608. The predicted molar refractivity (Wildman–Crippen MR) is 74.1 cm³/mol. The predicted octanol–water partition coefficient (Wildman–Crippen LogP) is 4.19. The average molecular weight is 258 g/mol. The molecule has 3 heteroatoms. The first kappa shape index (κ1) is 11.5. The molecule has 0 bridgehead atoms. The fourth-order valence-electron chi connectivity index (χ4n) is 2.12. The molecule has 0 aliphatic carbocycles. The molecule has 0 saturated heterocycles. The van der Waals surface area contributed by atoms with E-state index in [1.54, 1.807) is 11.3 Å². The smallest absolute Gasteiger partial charge is 0.138 e. The van der Waals surface area contributed by atoms with Gasteiger partial charge in [0.15, 0.2) is 0 Å². The Bertz CT molecular complexity index is 693. The normalized spacial score (nSPS) is 13.1. The molecule has 1 atom stereocenters. The van der Waals surface area contributed by atoms with Crippen LogP contribution >= 0.6 is 11.3 Å². The number of aliphatic hydroxyl groups is 1. The van der Waals surface area contributed by atoms with E-state index in [1.165, 1.54) is 5.56 Å². The van der Waals surface area contributed by atoms with Crippen molar-refractivity contribution in [2.45, 2.75) is 20.0 Å². The van der Waals surface area contributed by atoms with Gasteiger partial charge in [0.25, 0.3) is 0 Å². The summed E-state index contributed by atoms with van der Waals surface area (Å²) in [6, 6.07) is 7.94. The van der Waals surface area contributed by atoms with Crippen molar-refractivity contribution in [3.63, 3.8) is 0 Å². The first-order valence-electron chi connectivity index (χ1n) is 5.86. The van der Waals surface area contributed by atoms with Crippen LogP contribution in [0.3, 0.4) is 0 Å². The molecule has 92 valence electrons. The van der Waals surface area contributed by atoms with Gasteiger partial charge in [-0.1, -0.05) is 11.6 Å². The largest absolute Gasteiger partial charge is 0.458 e. The minimum atomic E-state index is -0.677. The van der Waals surface area contributed by atoms with Gasteiger partial charge in [0.05, 0.1) is 0 Å². The van der Waals surface area contributed by atoms with Crippen LogP contribution in [-0.4, -0.2) is 5.11 Å². The molecule has 1 N–H and O–H groups in total. The third-order valence-electron chi connectivity index (χ3n) is 3.15. The van der Waals surface area contributed by atoms with Crippen molar-refractivity contribution < 1.29 is 9.52 Å². The zero-order valence-electron chi connectivity index (χ0n) is 10.3. The lowest BCUT2D eigenvalue weighted by Crippen LogP contribution is -1.97. The first-order valence-corrected chi connectivity index (χ1v) is 6.80. The van der Waals surface area contributed by atoms with Gasteiger partial charge >= 0.3 is 0 Å². The highest BCUT2D eigenvalue weighted by Gasteiger charge is 2.18. The van der Waals surface area contributed by atoms with Gasteiger partial charge in [0.1, 0.15) is 17.4 Å². The number of rotatable bonds is 2. The number of aryl methyl sites for hydroxylation is 2. The van der Waals surface area contributed by atoms with Crippen molar-refractivity contribution in [3.05, 3.63) is 57.5 Å². The summed E-state index contributed by atoms with van der Waals surface area (Å²) < 4.78 is 5.72. The van der Waals surface area contributed by atoms with Gasteiger partial charge < -0.3 is 9.52 Å². The summed E-state index contributed by atoms with van der Waals surface area (Å²) in [5.41, 5.74) is 4.04. The molecule has 3 aromatic rings. The number of hydrogen-bond acceptors (Lipinski definition) is 3. The lowest BCUT2D eigenvalue weighted by Gasteiger charge is -2.06. The summed E-state index contributed by atoms with van der Waals surface area (Å²) in [6.07, 6.45) is -0.677. The van der Waals surface area contributed by atoms with Crippen LogP contribution in [0.1, 0.15) is 28.6 Å². The zero-order chi connectivity index (χ0) is 12.7. The molecule has 0 saturated carbocycles. The van der Waals surface area contributed by atoms with E-state index in [4.69, 9.17) is 4.42 Å². The van der Waals surface area contributed by atoms with E-state index < -0.39 is 6.10 Å². The Hall–Kier alpha value is -1.58. The molecular weight excluding hydrogens is 244 g/mol. The van der Waals surface area contributed by atoms with Gasteiger partial charge in [-0.25, -0.2) is 0 Å². The highest BCUT2D eigenvalue weighted by Crippen LogP contribution is 2.31. The van der Waals surface area contributed by atoms with E-state index in [2.05, 4.69) is 6.07 Å². The maximum absolute atomic E-state index is 10.3. The van der Waals surface area contributed by atoms with Crippen molar-refractivity contribution in [3.8, 4) is 0 Å². The topological polar surface area (TPSA) is 33.4 Å². The van der Waals surface area contributed by atoms with Crippen LogP contribution in [0.4, 0.5) is 0 Å². The lowest BCUT2D eigenvalue weighted by atomic mass is 10.1. The Morgan fingerprint density at radius 1 is 1.17 bits per heavy atom. The van der Waals surface area contributed by atoms with Crippen LogP contribution in [0.25, 0.3) is 11.0 Å². The summed E-state index contributed by atoms with van der Waals surface area (Å²) >= 11 is 1.60. The van der Waals surface area contributed by atoms with Crippen LogP contribution in [0.5, 0.6) is 0 Å². The van der Waals surface area contributed by atoms with Crippen LogP contribution in [0.15, 0.2) is 39.4 Å². The molecule has 2 aromatic heterocycles. The van der Waals surface area contributed by atoms with E-state index in [0.29, 0.717) is 5.76 Å². The number of hydrogen-bond donors (Lipinski definition) is 1. The van der Waals surface area contributed by atoms with Gasteiger partial charge in [0.2, 0.25) is 0 Å². The Morgan fingerprint density at radius 2 is 2.00 bits per heavy atom. The highest BCUT2D eigenvalue weighted by atomic mass is 32.1. The second-order valence-electron chi connectivity index (χ2n) is 4.60. The SMILES string of the molecule is Cc1ccc2oc(C(O)c3cscc3C)cc2c1. The van der Waals surface area contributed by atoms with Crippen LogP contribution in [0.2, 0.25) is 0 Å². The molecule has 0 aliphatic rings. The molecule has 2 heterocycles. The molecule has 0 radical (unpaired) electrons. The second-order valence-corrected chi connectivity index (χ2v) is 5.35. The molecule has 18 heavy (non-hydrogen) atoms. The van der Waals surface area contributed by atoms with E-state index >= 15 is 0 Å². The maximum atomic E-state index is 10.3. The highest BCUT2D eigenvalue weighted by molar-refractivity contribution is 7.08. The van der Waals surface area contributed by atoms with E-state index in [1.807, 2.05) is 42.8 Å². The lowest BCUT2D eigenvalue weighted by molar-refractivity contribution is 0.192. The molecule has 3 rings (SSSR count). The van der Waals surface area contributed by atoms with Crippen molar-refractivity contribution in [2.75, 3.05) is 0 Å². The van der Waals surface area contributed by atoms with Crippen molar-refractivity contribution >= 4 is 22.3 Å². The molecule has 0 spiro atoms. The Kier molecular flexibility index (Phi) is 2.73. The van der Waals surface area contributed by atoms with Crippen LogP contribution in [-0.2, 0) is 0 Å².